The zero-order valence-corrected chi connectivity index (χ0v) is 9.85. The summed E-state index contributed by atoms with van der Waals surface area (Å²) in [7, 11) is 0. The van der Waals surface area contributed by atoms with Crippen molar-refractivity contribution in [1.29, 1.82) is 0 Å². The summed E-state index contributed by atoms with van der Waals surface area (Å²) < 4.78 is 43.0. The van der Waals surface area contributed by atoms with Crippen molar-refractivity contribution in [2.45, 2.75) is 18.8 Å². The summed E-state index contributed by atoms with van der Waals surface area (Å²) in [5.74, 6) is -1.80. The number of carboxylic acid groups (broad SMARTS) is 1. The molecule has 0 amide bonds. The van der Waals surface area contributed by atoms with Crippen LogP contribution in [0.1, 0.15) is 11.1 Å². The molecule has 0 bridgehead atoms. The van der Waals surface area contributed by atoms with E-state index in [1.54, 1.807) is 0 Å². The number of fused-ring (bicyclic) bond motifs is 1. The molecule has 5 nitrogen and oxygen atoms in total. The van der Waals surface area contributed by atoms with E-state index in [1.807, 2.05) is 0 Å². The van der Waals surface area contributed by atoms with Gasteiger partial charge in [0.2, 0.25) is 6.10 Å². The zero-order valence-electron chi connectivity index (χ0n) is 9.85. The van der Waals surface area contributed by atoms with Crippen molar-refractivity contribution >= 4 is 12.0 Å². The lowest BCUT2D eigenvalue weighted by molar-refractivity contribution is -0.187. The molecule has 0 spiro atoms. The second kappa shape index (κ2) is 4.95. The lowest BCUT2D eigenvalue weighted by Gasteiger charge is -2.27. The summed E-state index contributed by atoms with van der Waals surface area (Å²) in [6.07, 6.45) is -6.44. The van der Waals surface area contributed by atoms with Gasteiger partial charge in [0.05, 0.1) is 5.57 Å². The number of halogens is 3. The Bertz CT molecular complexity index is 595. The van der Waals surface area contributed by atoms with Gasteiger partial charge in [0.25, 0.3) is 0 Å². The molecular formula is C12H8F3NO4. The molecule has 0 fully saturated rings. The molecule has 1 aliphatic rings. The maximum absolute atomic E-state index is 12.8. The number of rotatable bonds is 3. The van der Waals surface area contributed by atoms with E-state index >= 15 is 0 Å². The number of benzene rings is 1. The highest BCUT2D eigenvalue weighted by atomic mass is 19.4. The van der Waals surface area contributed by atoms with E-state index in [0.29, 0.717) is 5.56 Å². The summed E-state index contributed by atoms with van der Waals surface area (Å²) in [6, 6.07) is 4.02. The molecule has 2 rings (SSSR count). The molecule has 0 saturated carbocycles. The molecule has 8 heteroatoms. The zero-order chi connectivity index (χ0) is 14.9. The van der Waals surface area contributed by atoms with Gasteiger partial charge in [0.15, 0.2) is 0 Å². The number of nitrogens with zero attached hydrogens (tertiary/aromatic N) is 1. The van der Waals surface area contributed by atoms with Gasteiger partial charge in [-0.3, -0.25) is 0 Å². The Labute approximate surface area is 110 Å². The average Bonchev–Trinajstić information content (AvgIpc) is 2.36. The summed E-state index contributed by atoms with van der Waals surface area (Å²) in [6.45, 7) is -0.160. The maximum atomic E-state index is 12.8. The monoisotopic (exact) mass is 287 g/mol. The van der Waals surface area contributed by atoms with Gasteiger partial charge in [-0.15, -0.1) is 0 Å². The fourth-order valence-corrected chi connectivity index (χ4v) is 1.84. The van der Waals surface area contributed by atoms with Crippen LogP contribution in [-0.4, -0.2) is 23.4 Å². The molecule has 20 heavy (non-hydrogen) atoms. The minimum atomic E-state index is -4.83. The minimum absolute atomic E-state index is 0.0908. The second-order valence-electron chi connectivity index (χ2n) is 4.10. The molecule has 1 heterocycles. The van der Waals surface area contributed by atoms with Crippen LogP contribution in [0, 0.1) is 4.91 Å². The Balaban J connectivity index is 2.48. The second-order valence-corrected chi connectivity index (χ2v) is 4.10. The van der Waals surface area contributed by atoms with Crippen molar-refractivity contribution in [3.05, 3.63) is 39.8 Å². The standard InChI is InChI=1S/C12H8F3NO4/c13-12(14,15)10-8(11(17)18)4-7-3-6(5-16-19)1-2-9(7)20-10/h1-4,10H,5H2,(H,17,18). The van der Waals surface area contributed by atoms with Crippen molar-refractivity contribution in [3.63, 3.8) is 0 Å². The third-order valence-corrected chi connectivity index (χ3v) is 2.70. The van der Waals surface area contributed by atoms with Crippen LogP contribution in [0.3, 0.4) is 0 Å². The van der Waals surface area contributed by atoms with Crippen LogP contribution in [0.2, 0.25) is 0 Å². The van der Waals surface area contributed by atoms with E-state index in [9.17, 15) is 22.9 Å². The predicted molar refractivity (Wildman–Crippen MR) is 62.0 cm³/mol. The van der Waals surface area contributed by atoms with E-state index in [4.69, 9.17) is 9.84 Å². The Kier molecular flexibility index (Phi) is 3.47. The molecule has 1 aliphatic heterocycles. The summed E-state index contributed by atoms with van der Waals surface area (Å²) in [5, 5.41) is 11.5. The van der Waals surface area contributed by atoms with Gasteiger partial charge in [-0.25, -0.2) is 4.79 Å². The Morgan fingerprint density at radius 2 is 2.10 bits per heavy atom. The largest absolute Gasteiger partial charge is 0.478 e. The van der Waals surface area contributed by atoms with Crippen molar-refractivity contribution in [2.24, 2.45) is 5.18 Å². The van der Waals surface area contributed by atoms with Crippen LogP contribution in [-0.2, 0) is 11.3 Å². The molecule has 1 atom stereocenters. The first-order valence-electron chi connectivity index (χ1n) is 5.43. The summed E-state index contributed by atoms with van der Waals surface area (Å²) >= 11 is 0. The van der Waals surface area contributed by atoms with Crippen LogP contribution in [0.4, 0.5) is 13.2 Å². The molecule has 0 aliphatic carbocycles. The number of carbonyl (C=O) groups is 1. The van der Waals surface area contributed by atoms with E-state index in [1.165, 1.54) is 18.2 Å². The Morgan fingerprint density at radius 3 is 2.65 bits per heavy atom. The van der Waals surface area contributed by atoms with Crippen molar-refractivity contribution in [3.8, 4) is 5.75 Å². The number of carboxylic acids is 1. The van der Waals surface area contributed by atoms with Gasteiger partial charge in [-0.05, 0) is 23.8 Å². The first-order valence-corrected chi connectivity index (χ1v) is 5.43. The number of alkyl halides is 3. The molecule has 106 valence electrons. The van der Waals surface area contributed by atoms with Crippen molar-refractivity contribution in [2.75, 3.05) is 0 Å². The molecule has 1 unspecified atom stereocenters. The lowest BCUT2D eigenvalue weighted by Crippen LogP contribution is -2.40. The van der Waals surface area contributed by atoms with E-state index < -0.39 is 23.8 Å². The highest BCUT2D eigenvalue weighted by molar-refractivity contribution is 5.95. The molecule has 1 aromatic carbocycles. The maximum Gasteiger partial charge on any atom is 0.430 e. The molecule has 0 aromatic heterocycles. The van der Waals surface area contributed by atoms with Gasteiger partial charge in [0.1, 0.15) is 12.3 Å². The number of ether oxygens (including phenoxy) is 1. The first kappa shape index (κ1) is 14.0. The van der Waals surface area contributed by atoms with E-state index in [2.05, 4.69) is 5.18 Å². The first-order chi connectivity index (χ1) is 9.32. The predicted octanol–water partition coefficient (Wildman–Crippen LogP) is 2.74. The number of hydrogen-bond donors (Lipinski definition) is 1. The van der Waals surface area contributed by atoms with Crippen LogP contribution in [0.25, 0.3) is 6.08 Å². The minimum Gasteiger partial charge on any atom is -0.478 e. The Hall–Kier alpha value is -2.38. The third kappa shape index (κ3) is 2.63. The molecule has 0 saturated heterocycles. The topological polar surface area (TPSA) is 76.0 Å². The molecule has 1 N–H and O–H groups in total. The van der Waals surface area contributed by atoms with E-state index in [0.717, 1.165) is 6.08 Å². The molecular weight excluding hydrogens is 279 g/mol. The smallest absolute Gasteiger partial charge is 0.430 e. The van der Waals surface area contributed by atoms with Gasteiger partial charge >= 0.3 is 12.1 Å². The van der Waals surface area contributed by atoms with Gasteiger partial charge in [-0.2, -0.15) is 18.1 Å². The van der Waals surface area contributed by atoms with Gasteiger partial charge in [-0.1, -0.05) is 11.2 Å². The summed E-state index contributed by atoms with van der Waals surface area (Å²) in [5.41, 5.74) is -0.279. The molecule has 0 radical (unpaired) electrons. The van der Waals surface area contributed by atoms with Gasteiger partial charge < -0.3 is 9.84 Å². The number of nitroso groups, excluding NO2 is 1. The quantitative estimate of drug-likeness (QED) is 0.867. The van der Waals surface area contributed by atoms with Crippen LogP contribution in [0.15, 0.2) is 28.9 Å². The van der Waals surface area contributed by atoms with Crippen LogP contribution < -0.4 is 4.74 Å². The molecule has 1 aromatic rings. The fraction of sp³-hybridized carbons (Fsp3) is 0.250. The van der Waals surface area contributed by atoms with Crippen molar-refractivity contribution in [1.82, 2.24) is 0 Å². The lowest BCUT2D eigenvalue weighted by atomic mass is 9.99. The third-order valence-electron chi connectivity index (χ3n) is 2.70. The van der Waals surface area contributed by atoms with Crippen LogP contribution >= 0.6 is 0 Å². The van der Waals surface area contributed by atoms with Crippen molar-refractivity contribution < 1.29 is 27.8 Å². The summed E-state index contributed by atoms with van der Waals surface area (Å²) in [4.78, 5) is 21.1. The van der Waals surface area contributed by atoms with E-state index in [-0.39, 0.29) is 17.9 Å². The normalized spacial score (nSPS) is 17.8. The Morgan fingerprint density at radius 1 is 1.40 bits per heavy atom. The fourth-order valence-electron chi connectivity index (χ4n) is 1.84. The van der Waals surface area contributed by atoms with Crippen LogP contribution in [0.5, 0.6) is 5.75 Å². The van der Waals surface area contributed by atoms with Gasteiger partial charge in [0, 0.05) is 5.56 Å². The number of aliphatic carboxylic acids is 1. The SMILES string of the molecule is O=NCc1ccc2c(c1)C=C(C(=O)O)C(C(F)(F)F)O2. The highest BCUT2D eigenvalue weighted by Gasteiger charge is 2.48. The number of hydrogen-bond acceptors (Lipinski definition) is 4. The average molecular weight is 287 g/mol. The highest BCUT2D eigenvalue weighted by Crippen LogP contribution is 2.37.